The van der Waals surface area contributed by atoms with Gasteiger partial charge in [0.1, 0.15) is 6.04 Å². The molecule has 22 heavy (non-hydrogen) atoms. The Kier molecular flexibility index (Phi) is 5.08. The lowest BCUT2D eigenvalue weighted by atomic mass is 10.0. The number of carbonyl (C=O) groups excluding carboxylic acids is 3. The van der Waals surface area contributed by atoms with Crippen LogP contribution in [0.4, 0.5) is 0 Å². The number of aromatic nitrogens is 1. The smallest absolute Gasteiger partial charge is 0.340 e. The number of likely N-dealkylation sites (tertiary alicyclic amines) is 1. The fourth-order valence-corrected chi connectivity index (χ4v) is 2.41. The molecule has 1 saturated heterocycles. The van der Waals surface area contributed by atoms with Gasteiger partial charge >= 0.3 is 5.97 Å². The molecular weight excluding hydrogens is 286 g/mol. The highest BCUT2D eigenvalue weighted by Crippen LogP contribution is 2.17. The third-order valence-corrected chi connectivity index (χ3v) is 3.63. The third kappa shape index (κ3) is 3.81. The number of rotatable bonds is 4. The number of nitrogens with zero attached hydrogens (tertiary/aromatic N) is 2. The fourth-order valence-electron chi connectivity index (χ4n) is 2.41. The Labute approximate surface area is 128 Å². The maximum atomic E-state index is 12.1. The molecular formula is C15H19N3O4. The van der Waals surface area contributed by atoms with Gasteiger partial charge in [0.15, 0.2) is 6.61 Å². The molecule has 0 bridgehead atoms. The Hall–Kier alpha value is -2.44. The predicted octanol–water partition coefficient (Wildman–Crippen LogP) is 0.413. The van der Waals surface area contributed by atoms with Gasteiger partial charge in [0.05, 0.1) is 5.56 Å². The molecule has 2 heterocycles. The number of primary amides is 1. The van der Waals surface area contributed by atoms with Gasteiger partial charge < -0.3 is 15.4 Å². The lowest BCUT2D eigenvalue weighted by Crippen LogP contribution is -2.51. The molecule has 0 saturated carbocycles. The van der Waals surface area contributed by atoms with Crippen LogP contribution in [-0.4, -0.2) is 46.9 Å². The normalized spacial score (nSPS) is 17.9. The van der Waals surface area contributed by atoms with E-state index in [1.165, 1.54) is 11.1 Å². The largest absolute Gasteiger partial charge is 0.452 e. The molecule has 7 nitrogen and oxygen atoms in total. The van der Waals surface area contributed by atoms with E-state index in [0.717, 1.165) is 18.5 Å². The van der Waals surface area contributed by atoms with Gasteiger partial charge in [-0.05, 0) is 38.3 Å². The minimum Gasteiger partial charge on any atom is -0.452 e. The van der Waals surface area contributed by atoms with Gasteiger partial charge in [-0.2, -0.15) is 0 Å². The van der Waals surface area contributed by atoms with Crippen molar-refractivity contribution in [2.45, 2.75) is 32.2 Å². The second-order valence-corrected chi connectivity index (χ2v) is 5.27. The number of ether oxygens (including phenoxy) is 1. The Morgan fingerprint density at radius 3 is 2.77 bits per heavy atom. The van der Waals surface area contributed by atoms with E-state index in [1.807, 2.05) is 0 Å². The zero-order chi connectivity index (χ0) is 16.1. The van der Waals surface area contributed by atoms with E-state index in [9.17, 15) is 14.4 Å². The second-order valence-electron chi connectivity index (χ2n) is 5.27. The molecule has 1 aromatic rings. The van der Waals surface area contributed by atoms with E-state index in [4.69, 9.17) is 10.5 Å². The Morgan fingerprint density at radius 1 is 1.36 bits per heavy atom. The van der Waals surface area contributed by atoms with Crippen molar-refractivity contribution in [1.82, 2.24) is 9.88 Å². The molecule has 118 valence electrons. The summed E-state index contributed by atoms with van der Waals surface area (Å²) in [6.45, 7) is 1.85. The fraction of sp³-hybridized carbons (Fsp3) is 0.467. The van der Waals surface area contributed by atoms with Crippen LogP contribution in [0.2, 0.25) is 0 Å². The lowest BCUT2D eigenvalue weighted by Gasteiger charge is -2.33. The quantitative estimate of drug-likeness (QED) is 0.812. The Morgan fingerprint density at radius 2 is 2.14 bits per heavy atom. The number of carbonyl (C=O) groups is 3. The van der Waals surface area contributed by atoms with Crippen molar-refractivity contribution >= 4 is 17.8 Å². The van der Waals surface area contributed by atoms with Crippen LogP contribution < -0.4 is 5.73 Å². The van der Waals surface area contributed by atoms with E-state index < -0.39 is 30.4 Å². The second kappa shape index (κ2) is 7.02. The molecule has 1 aromatic heterocycles. The number of esters is 1. The topological polar surface area (TPSA) is 103 Å². The summed E-state index contributed by atoms with van der Waals surface area (Å²) in [5.41, 5.74) is 6.37. The standard InChI is InChI=1S/C15H19N3O4/c1-10-5-6-11(8-17-10)15(21)22-9-13(19)18-7-3-2-4-12(18)14(16)20/h5-6,8,12H,2-4,7,9H2,1H3,(H2,16,20)/t12-/m0/s1. The van der Waals surface area contributed by atoms with Crippen molar-refractivity contribution in [2.75, 3.05) is 13.2 Å². The first kappa shape index (κ1) is 15.9. The first-order chi connectivity index (χ1) is 10.5. The first-order valence-corrected chi connectivity index (χ1v) is 7.17. The predicted molar refractivity (Wildman–Crippen MR) is 77.8 cm³/mol. The van der Waals surface area contributed by atoms with Crippen LogP contribution in [-0.2, 0) is 14.3 Å². The van der Waals surface area contributed by atoms with Crippen molar-refractivity contribution in [2.24, 2.45) is 5.73 Å². The van der Waals surface area contributed by atoms with Gasteiger partial charge in [-0.1, -0.05) is 0 Å². The van der Waals surface area contributed by atoms with Crippen LogP contribution in [0.25, 0.3) is 0 Å². The monoisotopic (exact) mass is 305 g/mol. The molecule has 0 unspecified atom stereocenters. The molecule has 0 aromatic carbocycles. The minimum atomic E-state index is -0.617. The lowest BCUT2D eigenvalue weighted by molar-refractivity contribution is -0.143. The molecule has 0 aliphatic carbocycles. The molecule has 1 atom stereocenters. The summed E-state index contributed by atoms with van der Waals surface area (Å²) in [6.07, 6.45) is 3.61. The third-order valence-electron chi connectivity index (χ3n) is 3.63. The van der Waals surface area contributed by atoms with Gasteiger partial charge in [0.2, 0.25) is 5.91 Å². The van der Waals surface area contributed by atoms with E-state index in [2.05, 4.69) is 4.98 Å². The molecule has 7 heteroatoms. The summed E-state index contributed by atoms with van der Waals surface area (Å²) in [5.74, 6) is -1.55. The van der Waals surface area contributed by atoms with Gasteiger partial charge in [0, 0.05) is 18.4 Å². The average molecular weight is 305 g/mol. The van der Waals surface area contributed by atoms with Gasteiger partial charge in [-0.25, -0.2) is 4.79 Å². The summed E-state index contributed by atoms with van der Waals surface area (Å²) >= 11 is 0. The number of nitrogens with two attached hydrogens (primary N) is 1. The first-order valence-electron chi connectivity index (χ1n) is 7.17. The van der Waals surface area contributed by atoms with E-state index in [1.54, 1.807) is 19.1 Å². The summed E-state index contributed by atoms with van der Waals surface area (Å²) in [7, 11) is 0. The Bertz CT molecular complexity index is 571. The van der Waals surface area contributed by atoms with Crippen LogP contribution in [0.1, 0.15) is 35.3 Å². The van der Waals surface area contributed by atoms with Gasteiger partial charge in [-0.15, -0.1) is 0 Å². The van der Waals surface area contributed by atoms with Gasteiger partial charge in [0.25, 0.3) is 5.91 Å². The number of aryl methyl sites for hydroxylation is 1. The van der Waals surface area contributed by atoms with Crippen molar-refractivity contribution in [3.05, 3.63) is 29.6 Å². The highest BCUT2D eigenvalue weighted by Gasteiger charge is 2.31. The molecule has 2 N–H and O–H groups in total. The highest BCUT2D eigenvalue weighted by atomic mass is 16.5. The maximum absolute atomic E-state index is 12.1. The van der Waals surface area contributed by atoms with Crippen molar-refractivity contribution in [3.8, 4) is 0 Å². The highest BCUT2D eigenvalue weighted by molar-refractivity contribution is 5.92. The van der Waals surface area contributed by atoms with E-state index >= 15 is 0 Å². The Balaban J connectivity index is 1.92. The van der Waals surface area contributed by atoms with Crippen LogP contribution >= 0.6 is 0 Å². The number of piperidine rings is 1. The zero-order valence-corrected chi connectivity index (χ0v) is 12.4. The van der Waals surface area contributed by atoms with Crippen LogP contribution in [0, 0.1) is 6.92 Å². The molecule has 1 fully saturated rings. The van der Waals surface area contributed by atoms with Crippen molar-refractivity contribution in [3.63, 3.8) is 0 Å². The molecule has 1 aliphatic heterocycles. The summed E-state index contributed by atoms with van der Waals surface area (Å²) < 4.78 is 4.99. The van der Waals surface area contributed by atoms with E-state index in [-0.39, 0.29) is 5.56 Å². The minimum absolute atomic E-state index is 0.281. The zero-order valence-electron chi connectivity index (χ0n) is 12.4. The molecule has 0 spiro atoms. The number of hydrogen-bond acceptors (Lipinski definition) is 5. The van der Waals surface area contributed by atoms with Gasteiger partial charge in [-0.3, -0.25) is 14.6 Å². The molecule has 2 amide bonds. The summed E-state index contributed by atoms with van der Waals surface area (Å²) in [5, 5.41) is 0. The number of pyridine rings is 1. The van der Waals surface area contributed by atoms with Crippen molar-refractivity contribution < 1.29 is 19.1 Å². The van der Waals surface area contributed by atoms with Crippen LogP contribution in [0.3, 0.4) is 0 Å². The summed E-state index contributed by atoms with van der Waals surface area (Å²) in [4.78, 5) is 40.7. The number of hydrogen-bond donors (Lipinski definition) is 1. The number of amides is 2. The average Bonchev–Trinajstić information content (AvgIpc) is 2.53. The van der Waals surface area contributed by atoms with E-state index in [0.29, 0.717) is 13.0 Å². The maximum Gasteiger partial charge on any atom is 0.340 e. The molecule has 0 radical (unpaired) electrons. The molecule has 1 aliphatic rings. The van der Waals surface area contributed by atoms with Crippen LogP contribution in [0.15, 0.2) is 18.3 Å². The SMILES string of the molecule is Cc1ccc(C(=O)OCC(=O)N2CCCC[C@H]2C(N)=O)cn1. The van der Waals surface area contributed by atoms with Crippen LogP contribution in [0.5, 0.6) is 0 Å². The summed E-state index contributed by atoms with van der Waals surface area (Å²) in [6, 6.07) is 2.66. The van der Waals surface area contributed by atoms with Crippen molar-refractivity contribution in [1.29, 1.82) is 0 Å². The molecule has 2 rings (SSSR count).